The highest BCUT2D eigenvalue weighted by atomic mass is 16.5. The van der Waals surface area contributed by atoms with Crippen molar-refractivity contribution in [2.24, 2.45) is 0 Å². The first-order chi connectivity index (χ1) is 10.1. The van der Waals surface area contributed by atoms with E-state index >= 15 is 0 Å². The van der Waals surface area contributed by atoms with Gasteiger partial charge in [0.15, 0.2) is 0 Å². The van der Waals surface area contributed by atoms with E-state index in [-0.39, 0.29) is 25.2 Å². The molecule has 1 aromatic carbocycles. The summed E-state index contributed by atoms with van der Waals surface area (Å²) in [6.07, 6.45) is -0.530. The van der Waals surface area contributed by atoms with E-state index in [0.29, 0.717) is 30.9 Å². The number of hydrogen-bond acceptors (Lipinski definition) is 4. The third-order valence-electron chi connectivity index (χ3n) is 3.23. The standard InChI is InChI=1S/C14H18N2O5/c17-9-11-8-16(5-6-21-11)14(20)15-12-4-2-1-3-10(12)7-13(18)19/h1-4,11,17H,5-9H2,(H,15,20)(H,18,19). The van der Waals surface area contributed by atoms with Crippen LogP contribution in [0.2, 0.25) is 0 Å². The molecule has 0 radical (unpaired) electrons. The number of benzene rings is 1. The number of para-hydroxylation sites is 1. The molecule has 1 aliphatic rings. The van der Waals surface area contributed by atoms with Crippen LogP contribution in [-0.4, -0.2) is 59.5 Å². The number of urea groups is 1. The number of carbonyl (C=O) groups excluding carboxylic acids is 1. The van der Waals surface area contributed by atoms with E-state index in [9.17, 15) is 9.59 Å². The first kappa shape index (κ1) is 15.3. The van der Waals surface area contributed by atoms with Crippen LogP contribution in [0.4, 0.5) is 10.5 Å². The van der Waals surface area contributed by atoms with Crippen LogP contribution >= 0.6 is 0 Å². The maximum absolute atomic E-state index is 12.2. The van der Waals surface area contributed by atoms with Gasteiger partial charge >= 0.3 is 12.0 Å². The molecule has 0 aliphatic carbocycles. The molecule has 1 aromatic rings. The van der Waals surface area contributed by atoms with Gasteiger partial charge < -0.3 is 25.2 Å². The Bertz CT molecular complexity index is 520. The molecule has 114 valence electrons. The van der Waals surface area contributed by atoms with Gasteiger partial charge in [0.25, 0.3) is 0 Å². The van der Waals surface area contributed by atoms with Crippen LogP contribution in [0.25, 0.3) is 0 Å². The Kier molecular flexibility index (Phi) is 5.13. The van der Waals surface area contributed by atoms with Crippen LogP contribution in [-0.2, 0) is 16.0 Å². The molecule has 1 heterocycles. The molecule has 0 saturated carbocycles. The molecule has 1 unspecified atom stereocenters. The smallest absolute Gasteiger partial charge is 0.322 e. The van der Waals surface area contributed by atoms with Gasteiger partial charge in [-0.2, -0.15) is 0 Å². The number of morpholine rings is 1. The van der Waals surface area contributed by atoms with Crippen molar-refractivity contribution >= 4 is 17.7 Å². The Morgan fingerprint density at radius 3 is 2.86 bits per heavy atom. The largest absolute Gasteiger partial charge is 0.481 e. The zero-order valence-corrected chi connectivity index (χ0v) is 11.5. The summed E-state index contributed by atoms with van der Waals surface area (Å²) in [4.78, 5) is 24.6. The Balaban J connectivity index is 2.04. The van der Waals surface area contributed by atoms with Crippen LogP contribution in [0.3, 0.4) is 0 Å². The second-order valence-electron chi connectivity index (χ2n) is 4.78. The highest BCUT2D eigenvalue weighted by Gasteiger charge is 2.24. The fourth-order valence-electron chi connectivity index (χ4n) is 2.17. The molecule has 3 N–H and O–H groups in total. The minimum absolute atomic E-state index is 0.140. The van der Waals surface area contributed by atoms with Crippen molar-refractivity contribution in [3.05, 3.63) is 29.8 Å². The molecule has 7 heteroatoms. The molecule has 1 atom stereocenters. The number of carboxylic acids is 1. The van der Waals surface area contributed by atoms with Crippen molar-refractivity contribution in [1.82, 2.24) is 4.90 Å². The summed E-state index contributed by atoms with van der Waals surface area (Å²) in [5, 5.41) is 20.7. The van der Waals surface area contributed by atoms with Crippen LogP contribution in [0.5, 0.6) is 0 Å². The molecule has 1 saturated heterocycles. The number of carbonyl (C=O) groups is 2. The summed E-state index contributed by atoms with van der Waals surface area (Å²) in [7, 11) is 0. The van der Waals surface area contributed by atoms with Crippen molar-refractivity contribution in [3.63, 3.8) is 0 Å². The lowest BCUT2D eigenvalue weighted by molar-refractivity contribution is -0.136. The number of aliphatic hydroxyl groups is 1. The number of carboxylic acid groups (broad SMARTS) is 1. The number of nitrogens with zero attached hydrogens (tertiary/aromatic N) is 1. The molecular formula is C14H18N2O5. The van der Waals surface area contributed by atoms with Gasteiger partial charge in [-0.3, -0.25) is 4.79 Å². The number of ether oxygens (including phenoxy) is 1. The van der Waals surface area contributed by atoms with Crippen LogP contribution in [0.1, 0.15) is 5.56 Å². The molecule has 21 heavy (non-hydrogen) atoms. The number of aliphatic carboxylic acids is 1. The highest BCUT2D eigenvalue weighted by molar-refractivity contribution is 5.91. The summed E-state index contributed by atoms with van der Waals surface area (Å²) in [5.41, 5.74) is 1.03. The fourth-order valence-corrected chi connectivity index (χ4v) is 2.17. The molecule has 2 rings (SSSR count). The maximum atomic E-state index is 12.2. The SMILES string of the molecule is O=C(O)Cc1ccccc1NC(=O)N1CCOC(CO)C1. The van der Waals surface area contributed by atoms with Crippen LogP contribution in [0, 0.1) is 0 Å². The topological polar surface area (TPSA) is 99.1 Å². The number of nitrogens with one attached hydrogen (secondary N) is 1. The lowest BCUT2D eigenvalue weighted by Gasteiger charge is -2.32. The maximum Gasteiger partial charge on any atom is 0.322 e. The van der Waals surface area contributed by atoms with Gasteiger partial charge in [0.1, 0.15) is 0 Å². The average Bonchev–Trinajstić information content (AvgIpc) is 2.48. The molecular weight excluding hydrogens is 276 g/mol. The fraction of sp³-hybridized carbons (Fsp3) is 0.429. The van der Waals surface area contributed by atoms with Gasteiger partial charge in [-0.15, -0.1) is 0 Å². The molecule has 0 spiro atoms. The van der Waals surface area contributed by atoms with Crippen LogP contribution < -0.4 is 5.32 Å². The number of hydrogen-bond donors (Lipinski definition) is 3. The van der Waals surface area contributed by atoms with Gasteiger partial charge in [-0.25, -0.2) is 4.79 Å². The third kappa shape index (κ3) is 4.17. The first-order valence-electron chi connectivity index (χ1n) is 6.68. The number of rotatable bonds is 4. The summed E-state index contributed by atoms with van der Waals surface area (Å²) in [6, 6.07) is 6.47. The lowest BCUT2D eigenvalue weighted by atomic mass is 10.1. The summed E-state index contributed by atoms with van der Waals surface area (Å²) < 4.78 is 5.28. The van der Waals surface area contributed by atoms with E-state index in [1.54, 1.807) is 29.2 Å². The second-order valence-corrected chi connectivity index (χ2v) is 4.78. The van der Waals surface area contributed by atoms with Gasteiger partial charge in [0, 0.05) is 12.2 Å². The van der Waals surface area contributed by atoms with Crippen molar-refractivity contribution < 1.29 is 24.5 Å². The summed E-state index contributed by atoms with van der Waals surface area (Å²) >= 11 is 0. The minimum Gasteiger partial charge on any atom is -0.481 e. The van der Waals surface area contributed by atoms with Gasteiger partial charge in [0.2, 0.25) is 0 Å². The molecule has 0 aromatic heterocycles. The minimum atomic E-state index is -0.955. The zero-order valence-electron chi connectivity index (χ0n) is 11.5. The van der Waals surface area contributed by atoms with E-state index in [1.165, 1.54) is 0 Å². The van der Waals surface area contributed by atoms with Gasteiger partial charge in [-0.05, 0) is 11.6 Å². The van der Waals surface area contributed by atoms with Crippen molar-refractivity contribution in [3.8, 4) is 0 Å². The lowest BCUT2D eigenvalue weighted by Crippen LogP contribution is -2.48. The number of amides is 2. The molecule has 2 amide bonds. The van der Waals surface area contributed by atoms with E-state index < -0.39 is 5.97 Å². The predicted octanol–water partition coefficient (Wildman–Crippen LogP) is 0.539. The molecule has 1 fully saturated rings. The second kappa shape index (κ2) is 7.05. The highest BCUT2D eigenvalue weighted by Crippen LogP contribution is 2.17. The summed E-state index contributed by atoms with van der Waals surface area (Å²) in [5.74, 6) is -0.955. The Morgan fingerprint density at radius 2 is 2.14 bits per heavy atom. The molecule has 1 aliphatic heterocycles. The average molecular weight is 294 g/mol. The molecule has 0 bridgehead atoms. The van der Waals surface area contributed by atoms with Gasteiger partial charge in [0.05, 0.1) is 32.3 Å². The third-order valence-corrected chi connectivity index (χ3v) is 3.23. The first-order valence-corrected chi connectivity index (χ1v) is 6.68. The number of anilines is 1. The Hall–Kier alpha value is -2.12. The Morgan fingerprint density at radius 1 is 1.38 bits per heavy atom. The van der Waals surface area contributed by atoms with E-state index in [1.807, 2.05) is 0 Å². The van der Waals surface area contributed by atoms with Crippen molar-refractivity contribution in [2.75, 3.05) is 31.6 Å². The van der Waals surface area contributed by atoms with E-state index in [4.69, 9.17) is 14.9 Å². The quantitative estimate of drug-likeness (QED) is 0.752. The normalized spacial score (nSPS) is 18.3. The van der Waals surface area contributed by atoms with E-state index in [2.05, 4.69) is 5.32 Å². The molecule has 7 nitrogen and oxygen atoms in total. The van der Waals surface area contributed by atoms with Crippen molar-refractivity contribution in [2.45, 2.75) is 12.5 Å². The summed E-state index contributed by atoms with van der Waals surface area (Å²) in [6.45, 7) is 0.974. The van der Waals surface area contributed by atoms with Crippen molar-refractivity contribution in [1.29, 1.82) is 0 Å². The Labute approximate surface area is 122 Å². The number of aliphatic hydroxyl groups excluding tert-OH is 1. The predicted molar refractivity (Wildman–Crippen MR) is 75.2 cm³/mol. The van der Waals surface area contributed by atoms with Crippen LogP contribution in [0.15, 0.2) is 24.3 Å². The monoisotopic (exact) mass is 294 g/mol. The zero-order chi connectivity index (χ0) is 15.2. The van der Waals surface area contributed by atoms with E-state index in [0.717, 1.165) is 0 Å². The van der Waals surface area contributed by atoms with Gasteiger partial charge in [-0.1, -0.05) is 18.2 Å².